The standard InChI is InChI=1S/C28H28N4O3S/c1-17(2)22-9-6-8-12-25(22)32-27(35)23-10-5-7-11-24(23)31-28(32)36-18(3)26(34)30-21-15-13-20(14-16-21)29-19(4)33/h5-18H,1-4H3,(H,29,33)(H,30,34). The molecule has 0 saturated carbocycles. The summed E-state index contributed by atoms with van der Waals surface area (Å²) in [6, 6.07) is 21.9. The van der Waals surface area contributed by atoms with Gasteiger partial charge in [-0.3, -0.25) is 19.0 Å². The zero-order valence-electron chi connectivity index (χ0n) is 20.6. The topological polar surface area (TPSA) is 93.1 Å². The zero-order chi connectivity index (χ0) is 25.8. The van der Waals surface area contributed by atoms with E-state index in [4.69, 9.17) is 4.98 Å². The highest BCUT2D eigenvalue weighted by atomic mass is 32.2. The number of carbonyl (C=O) groups is 2. The van der Waals surface area contributed by atoms with Crippen molar-refractivity contribution in [1.82, 2.24) is 9.55 Å². The first-order chi connectivity index (χ1) is 17.2. The molecule has 2 amide bonds. The normalized spacial score (nSPS) is 11.9. The van der Waals surface area contributed by atoms with Gasteiger partial charge in [-0.1, -0.05) is 55.9 Å². The molecule has 1 aromatic heterocycles. The molecule has 1 atom stereocenters. The Morgan fingerprint density at radius 2 is 1.47 bits per heavy atom. The Hall–Kier alpha value is -3.91. The van der Waals surface area contributed by atoms with Crippen LogP contribution in [0.2, 0.25) is 0 Å². The van der Waals surface area contributed by atoms with Gasteiger partial charge in [0.25, 0.3) is 5.56 Å². The maximum Gasteiger partial charge on any atom is 0.266 e. The van der Waals surface area contributed by atoms with Crippen LogP contribution in [-0.4, -0.2) is 26.6 Å². The molecular weight excluding hydrogens is 472 g/mol. The van der Waals surface area contributed by atoms with Crippen molar-refractivity contribution in [2.75, 3.05) is 10.6 Å². The molecule has 36 heavy (non-hydrogen) atoms. The fourth-order valence-electron chi connectivity index (χ4n) is 3.88. The molecule has 0 fully saturated rings. The average Bonchev–Trinajstić information content (AvgIpc) is 2.85. The van der Waals surface area contributed by atoms with Crippen molar-refractivity contribution in [2.24, 2.45) is 0 Å². The molecule has 0 aliphatic carbocycles. The molecule has 7 nitrogen and oxygen atoms in total. The van der Waals surface area contributed by atoms with Gasteiger partial charge in [-0.2, -0.15) is 0 Å². The van der Waals surface area contributed by atoms with E-state index in [1.165, 1.54) is 18.7 Å². The minimum absolute atomic E-state index is 0.162. The van der Waals surface area contributed by atoms with Crippen LogP contribution in [0.3, 0.4) is 0 Å². The number of benzene rings is 3. The first-order valence-electron chi connectivity index (χ1n) is 11.7. The van der Waals surface area contributed by atoms with E-state index in [9.17, 15) is 14.4 Å². The summed E-state index contributed by atoms with van der Waals surface area (Å²) in [5.74, 6) is -0.193. The number of thioether (sulfide) groups is 1. The summed E-state index contributed by atoms with van der Waals surface area (Å²) in [7, 11) is 0. The SMILES string of the molecule is CC(=O)Nc1ccc(NC(=O)C(C)Sc2nc3ccccc3c(=O)n2-c2ccccc2C(C)C)cc1. The maximum atomic E-state index is 13.7. The lowest BCUT2D eigenvalue weighted by atomic mass is 10.0. The van der Waals surface area contributed by atoms with Crippen LogP contribution in [-0.2, 0) is 9.59 Å². The van der Waals surface area contributed by atoms with Gasteiger partial charge >= 0.3 is 0 Å². The molecule has 8 heteroatoms. The van der Waals surface area contributed by atoms with E-state index in [0.29, 0.717) is 27.4 Å². The Morgan fingerprint density at radius 3 is 2.14 bits per heavy atom. The highest BCUT2D eigenvalue weighted by Crippen LogP contribution is 2.29. The third-order valence-electron chi connectivity index (χ3n) is 5.67. The monoisotopic (exact) mass is 500 g/mol. The van der Waals surface area contributed by atoms with Crippen LogP contribution in [0.25, 0.3) is 16.6 Å². The van der Waals surface area contributed by atoms with Crippen molar-refractivity contribution in [3.05, 3.63) is 88.7 Å². The lowest BCUT2D eigenvalue weighted by molar-refractivity contribution is -0.115. The van der Waals surface area contributed by atoms with E-state index in [-0.39, 0.29) is 23.3 Å². The van der Waals surface area contributed by atoms with Gasteiger partial charge in [-0.25, -0.2) is 4.98 Å². The van der Waals surface area contributed by atoms with Gasteiger partial charge in [0.05, 0.1) is 21.8 Å². The lowest BCUT2D eigenvalue weighted by Gasteiger charge is -2.19. The molecule has 184 valence electrons. The zero-order valence-corrected chi connectivity index (χ0v) is 21.4. The smallest absolute Gasteiger partial charge is 0.266 e. The van der Waals surface area contributed by atoms with Crippen LogP contribution in [0, 0.1) is 0 Å². The number of hydrogen-bond acceptors (Lipinski definition) is 5. The van der Waals surface area contributed by atoms with Gasteiger partial charge in [0.1, 0.15) is 0 Å². The highest BCUT2D eigenvalue weighted by Gasteiger charge is 2.22. The van der Waals surface area contributed by atoms with Gasteiger partial charge in [0, 0.05) is 18.3 Å². The molecule has 0 saturated heterocycles. The number of para-hydroxylation sites is 2. The van der Waals surface area contributed by atoms with E-state index in [1.807, 2.05) is 36.4 Å². The molecule has 3 aromatic carbocycles. The van der Waals surface area contributed by atoms with Crippen molar-refractivity contribution in [3.8, 4) is 5.69 Å². The van der Waals surface area contributed by atoms with E-state index in [0.717, 1.165) is 11.3 Å². The molecular formula is C28H28N4O3S. The Labute approximate surface area is 214 Å². The molecule has 1 heterocycles. The fourth-order valence-corrected chi connectivity index (χ4v) is 4.80. The third kappa shape index (κ3) is 5.49. The van der Waals surface area contributed by atoms with Gasteiger partial charge in [-0.15, -0.1) is 0 Å². The van der Waals surface area contributed by atoms with Crippen molar-refractivity contribution in [3.63, 3.8) is 0 Å². The van der Waals surface area contributed by atoms with E-state index in [1.54, 1.807) is 47.9 Å². The molecule has 0 aliphatic rings. The van der Waals surface area contributed by atoms with E-state index >= 15 is 0 Å². The number of nitrogens with zero attached hydrogens (tertiary/aromatic N) is 2. The summed E-state index contributed by atoms with van der Waals surface area (Å²) in [6.07, 6.45) is 0. The molecule has 0 radical (unpaired) electrons. The summed E-state index contributed by atoms with van der Waals surface area (Å²) in [4.78, 5) is 42.7. The van der Waals surface area contributed by atoms with Crippen LogP contribution in [0.5, 0.6) is 0 Å². The molecule has 4 rings (SSSR count). The second-order valence-corrected chi connectivity index (χ2v) is 10.1. The van der Waals surface area contributed by atoms with Crippen LogP contribution in [0.4, 0.5) is 11.4 Å². The quantitative estimate of drug-likeness (QED) is 0.255. The van der Waals surface area contributed by atoms with Crippen LogP contribution >= 0.6 is 11.8 Å². The molecule has 0 bridgehead atoms. The summed E-state index contributed by atoms with van der Waals surface area (Å²) >= 11 is 1.24. The first kappa shape index (κ1) is 25.2. The Bertz CT molecular complexity index is 1480. The average molecular weight is 501 g/mol. The molecule has 0 spiro atoms. The molecule has 4 aromatic rings. The van der Waals surface area contributed by atoms with Crippen LogP contribution in [0.15, 0.2) is 82.7 Å². The first-order valence-corrected chi connectivity index (χ1v) is 12.6. The number of amides is 2. The fraction of sp³-hybridized carbons (Fsp3) is 0.214. The number of nitrogens with one attached hydrogen (secondary N) is 2. The number of rotatable bonds is 7. The Balaban J connectivity index is 1.68. The summed E-state index contributed by atoms with van der Waals surface area (Å²) in [5.41, 5.74) is 3.46. The molecule has 2 N–H and O–H groups in total. The number of hydrogen-bond donors (Lipinski definition) is 2. The predicted molar refractivity (Wildman–Crippen MR) is 146 cm³/mol. The van der Waals surface area contributed by atoms with E-state index < -0.39 is 5.25 Å². The minimum Gasteiger partial charge on any atom is -0.326 e. The van der Waals surface area contributed by atoms with Crippen molar-refractivity contribution < 1.29 is 9.59 Å². The minimum atomic E-state index is -0.537. The predicted octanol–water partition coefficient (Wildman–Crippen LogP) is 5.59. The Kier molecular flexibility index (Phi) is 7.55. The summed E-state index contributed by atoms with van der Waals surface area (Å²) < 4.78 is 1.62. The van der Waals surface area contributed by atoms with Gasteiger partial charge in [0.15, 0.2) is 5.16 Å². The summed E-state index contributed by atoms with van der Waals surface area (Å²) in [5, 5.41) is 6.04. The van der Waals surface area contributed by atoms with Crippen molar-refractivity contribution in [2.45, 2.75) is 44.0 Å². The number of anilines is 2. The molecule has 0 aliphatic heterocycles. The summed E-state index contributed by atoms with van der Waals surface area (Å²) in [6.45, 7) is 7.39. The number of carbonyl (C=O) groups excluding carboxylic acids is 2. The Morgan fingerprint density at radius 1 is 0.861 bits per heavy atom. The largest absolute Gasteiger partial charge is 0.326 e. The molecule has 1 unspecified atom stereocenters. The lowest BCUT2D eigenvalue weighted by Crippen LogP contribution is -2.27. The second-order valence-electron chi connectivity index (χ2n) is 8.77. The van der Waals surface area contributed by atoms with E-state index in [2.05, 4.69) is 24.5 Å². The van der Waals surface area contributed by atoms with Crippen LogP contribution in [0.1, 0.15) is 39.2 Å². The maximum absolute atomic E-state index is 13.7. The number of fused-ring (bicyclic) bond motifs is 1. The second kappa shape index (κ2) is 10.8. The van der Waals surface area contributed by atoms with Gasteiger partial charge < -0.3 is 10.6 Å². The van der Waals surface area contributed by atoms with Crippen molar-refractivity contribution >= 4 is 45.9 Å². The third-order valence-corrected chi connectivity index (χ3v) is 6.72. The van der Waals surface area contributed by atoms with Gasteiger partial charge in [0.2, 0.25) is 11.8 Å². The van der Waals surface area contributed by atoms with Gasteiger partial charge in [-0.05, 0) is 60.9 Å². The van der Waals surface area contributed by atoms with Crippen molar-refractivity contribution in [1.29, 1.82) is 0 Å². The number of aromatic nitrogens is 2. The van der Waals surface area contributed by atoms with Crippen LogP contribution < -0.4 is 16.2 Å². The highest BCUT2D eigenvalue weighted by molar-refractivity contribution is 8.00.